The van der Waals surface area contributed by atoms with E-state index in [9.17, 15) is 0 Å². The highest BCUT2D eigenvalue weighted by atomic mass is 31.1. The second-order valence-electron chi connectivity index (χ2n) is 5.75. The van der Waals surface area contributed by atoms with Crippen molar-refractivity contribution < 1.29 is 9.05 Å². The van der Waals surface area contributed by atoms with Gasteiger partial charge in [0.05, 0.1) is 25.7 Å². The van der Waals surface area contributed by atoms with E-state index in [0.29, 0.717) is 13.0 Å². The minimum Gasteiger partial charge on any atom is -0.336 e. The van der Waals surface area contributed by atoms with E-state index in [0.717, 1.165) is 18.9 Å². The second-order valence-corrected chi connectivity index (χ2v) is 6.49. The molecule has 0 aromatic carbocycles. The summed E-state index contributed by atoms with van der Waals surface area (Å²) in [4.78, 5) is 0. The lowest BCUT2D eigenvalue weighted by atomic mass is 9.87. The summed E-state index contributed by atoms with van der Waals surface area (Å²) in [5.41, 5.74) is 0. The quantitative estimate of drug-likeness (QED) is 0.402. The van der Waals surface area contributed by atoms with Crippen molar-refractivity contribution in [3.8, 4) is 6.07 Å². The molecule has 0 radical (unpaired) electrons. The van der Waals surface area contributed by atoms with Gasteiger partial charge >= 0.3 is 0 Å². The summed E-state index contributed by atoms with van der Waals surface area (Å²) in [7, 11) is 0.106. The van der Waals surface area contributed by atoms with Gasteiger partial charge in [-0.3, -0.25) is 0 Å². The molecule has 4 heteroatoms. The predicted octanol–water partition coefficient (Wildman–Crippen LogP) is 5.36. The van der Waals surface area contributed by atoms with Crippen molar-refractivity contribution in [3.05, 3.63) is 0 Å². The zero-order chi connectivity index (χ0) is 14.3. The van der Waals surface area contributed by atoms with Gasteiger partial charge in [0.25, 0.3) is 0 Å². The van der Waals surface area contributed by atoms with Crippen molar-refractivity contribution in [2.45, 2.75) is 77.0 Å². The van der Waals surface area contributed by atoms with Crippen LogP contribution in [-0.2, 0) is 9.05 Å². The molecule has 20 heavy (non-hydrogen) atoms. The van der Waals surface area contributed by atoms with Gasteiger partial charge in [0, 0.05) is 0 Å². The molecule has 116 valence electrons. The minimum absolute atomic E-state index is 0.106. The van der Waals surface area contributed by atoms with Crippen LogP contribution in [0.25, 0.3) is 0 Å². The minimum atomic E-state index is 0.106. The molecule has 0 N–H and O–H groups in total. The molecule has 1 unspecified atom stereocenters. The summed E-state index contributed by atoms with van der Waals surface area (Å²) in [5.74, 6) is 0.993. The lowest BCUT2D eigenvalue weighted by Crippen LogP contribution is -2.03. The Hall–Kier alpha value is -0.160. The highest BCUT2D eigenvalue weighted by Gasteiger charge is 2.10. The summed E-state index contributed by atoms with van der Waals surface area (Å²) in [6.45, 7) is 1.30. The third-order valence-corrected chi connectivity index (χ3v) is 4.66. The van der Waals surface area contributed by atoms with Gasteiger partial charge in [-0.25, -0.2) is 0 Å². The smallest absolute Gasteiger partial charge is 0.155 e. The normalized spacial score (nSPS) is 17.9. The molecular formula is C16H30NO2P. The van der Waals surface area contributed by atoms with Crippen LogP contribution in [0, 0.1) is 17.2 Å². The number of rotatable bonds is 10. The van der Waals surface area contributed by atoms with Gasteiger partial charge in [-0.1, -0.05) is 64.2 Å². The van der Waals surface area contributed by atoms with Gasteiger partial charge in [0.2, 0.25) is 0 Å². The fourth-order valence-corrected chi connectivity index (χ4v) is 3.33. The number of hydrogen-bond acceptors (Lipinski definition) is 3. The van der Waals surface area contributed by atoms with Crippen molar-refractivity contribution in [2.75, 3.05) is 13.2 Å². The van der Waals surface area contributed by atoms with Crippen molar-refractivity contribution in [1.29, 1.82) is 5.26 Å². The van der Waals surface area contributed by atoms with Crippen LogP contribution >= 0.6 is 9.03 Å². The first kappa shape index (κ1) is 17.9. The van der Waals surface area contributed by atoms with E-state index < -0.39 is 0 Å². The Morgan fingerprint density at radius 3 is 2.35 bits per heavy atom. The molecule has 0 aliphatic heterocycles. The molecule has 0 amide bonds. The Morgan fingerprint density at radius 1 is 0.900 bits per heavy atom. The van der Waals surface area contributed by atoms with Gasteiger partial charge in [-0.15, -0.1) is 0 Å². The summed E-state index contributed by atoms with van der Waals surface area (Å²) in [6, 6.07) is 2.05. The third kappa shape index (κ3) is 10.6. The maximum atomic E-state index is 8.34. The molecule has 1 saturated carbocycles. The molecule has 0 heterocycles. The third-order valence-electron chi connectivity index (χ3n) is 4.02. The first-order chi connectivity index (χ1) is 9.93. The molecular weight excluding hydrogens is 269 g/mol. The summed E-state index contributed by atoms with van der Waals surface area (Å²) in [5, 5.41) is 8.34. The predicted molar refractivity (Wildman–Crippen MR) is 84.7 cm³/mol. The van der Waals surface area contributed by atoms with Gasteiger partial charge in [0.1, 0.15) is 0 Å². The average molecular weight is 299 g/mol. The largest absolute Gasteiger partial charge is 0.336 e. The molecule has 3 nitrogen and oxygen atoms in total. The Labute approximate surface area is 126 Å². The molecule has 0 saturated heterocycles. The maximum absolute atomic E-state index is 8.34. The first-order valence-corrected chi connectivity index (χ1v) is 9.10. The zero-order valence-electron chi connectivity index (χ0n) is 12.7. The van der Waals surface area contributed by atoms with Crippen LogP contribution in [0.3, 0.4) is 0 Å². The van der Waals surface area contributed by atoms with E-state index in [-0.39, 0.29) is 9.03 Å². The fraction of sp³-hybridized carbons (Fsp3) is 0.938. The molecule has 0 aromatic heterocycles. The lowest BCUT2D eigenvalue weighted by Gasteiger charge is -2.19. The molecule has 1 aliphatic rings. The van der Waals surface area contributed by atoms with Crippen LogP contribution < -0.4 is 0 Å². The van der Waals surface area contributed by atoms with Gasteiger partial charge in [0.15, 0.2) is 9.03 Å². The zero-order valence-corrected chi connectivity index (χ0v) is 13.7. The van der Waals surface area contributed by atoms with E-state index in [1.54, 1.807) is 0 Å². The highest BCUT2D eigenvalue weighted by Crippen LogP contribution is 2.26. The van der Waals surface area contributed by atoms with E-state index in [2.05, 4.69) is 0 Å². The Bertz CT molecular complexity index is 247. The monoisotopic (exact) mass is 299 g/mol. The van der Waals surface area contributed by atoms with Crippen molar-refractivity contribution >= 4 is 9.03 Å². The van der Waals surface area contributed by atoms with Crippen molar-refractivity contribution in [1.82, 2.24) is 0 Å². The van der Waals surface area contributed by atoms with Crippen LogP contribution in [0.5, 0.6) is 0 Å². The van der Waals surface area contributed by atoms with Crippen LogP contribution in [0.15, 0.2) is 0 Å². The number of nitriles is 1. The number of hydrogen-bond donors (Lipinski definition) is 0. The van der Waals surface area contributed by atoms with Crippen LogP contribution in [0.4, 0.5) is 0 Å². The Kier molecular flexibility index (Phi) is 12.3. The summed E-state index contributed by atoms with van der Waals surface area (Å²) in [6.07, 6.45) is 15.8. The maximum Gasteiger partial charge on any atom is 0.155 e. The molecule has 1 atom stereocenters. The second kappa shape index (κ2) is 13.8. The molecule has 0 bridgehead atoms. The van der Waals surface area contributed by atoms with E-state index in [1.807, 2.05) is 6.07 Å². The van der Waals surface area contributed by atoms with Crippen LogP contribution in [0.1, 0.15) is 77.0 Å². The fourth-order valence-electron chi connectivity index (χ4n) is 2.84. The lowest BCUT2D eigenvalue weighted by molar-refractivity contribution is 0.263. The molecule has 1 aliphatic carbocycles. The molecule has 0 aromatic rings. The van der Waals surface area contributed by atoms with Crippen LogP contribution in [-0.4, -0.2) is 13.2 Å². The molecule has 0 spiro atoms. The molecule has 1 rings (SSSR count). The van der Waals surface area contributed by atoms with E-state index in [1.165, 1.54) is 64.2 Å². The highest BCUT2D eigenvalue weighted by molar-refractivity contribution is 7.26. The van der Waals surface area contributed by atoms with Gasteiger partial charge in [-0.2, -0.15) is 5.26 Å². The Morgan fingerprint density at radius 2 is 1.60 bits per heavy atom. The van der Waals surface area contributed by atoms with Crippen molar-refractivity contribution in [3.63, 3.8) is 0 Å². The van der Waals surface area contributed by atoms with Crippen molar-refractivity contribution in [2.24, 2.45) is 5.92 Å². The van der Waals surface area contributed by atoms with E-state index >= 15 is 0 Å². The summed E-state index contributed by atoms with van der Waals surface area (Å²) < 4.78 is 10.6. The standard InChI is InChI=1S/C16H30NO2P/c17-13-9-15-19-20-18-14-8-4-7-12-16-10-5-2-1-3-6-11-16/h16,20H,1-12,14-15H2. The average Bonchev–Trinajstić information content (AvgIpc) is 2.42. The van der Waals surface area contributed by atoms with Gasteiger partial charge in [-0.05, 0) is 12.3 Å². The SMILES string of the molecule is N#CCCOPOCCCCCC1CCCCCCC1. The van der Waals surface area contributed by atoms with E-state index in [4.69, 9.17) is 14.3 Å². The van der Waals surface area contributed by atoms with Gasteiger partial charge < -0.3 is 9.05 Å². The first-order valence-electron chi connectivity index (χ1n) is 8.29. The van der Waals surface area contributed by atoms with Crippen LogP contribution in [0.2, 0.25) is 0 Å². The number of unbranched alkanes of at least 4 members (excludes halogenated alkanes) is 2. The Balaban J connectivity index is 1.82. The summed E-state index contributed by atoms with van der Waals surface area (Å²) >= 11 is 0. The topological polar surface area (TPSA) is 42.2 Å². The number of nitrogens with zero attached hydrogens (tertiary/aromatic N) is 1. The molecule has 1 fully saturated rings.